The van der Waals surface area contributed by atoms with Gasteiger partial charge in [0, 0.05) is 5.54 Å². The van der Waals surface area contributed by atoms with Crippen molar-refractivity contribution in [1.82, 2.24) is 4.90 Å². The molecule has 2 heterocycles. The van der Waals surface area contributed by atoms with Gasteiger partial charge >= 0.3 is 0 Å². The summed E-state index contributed by atoms with van der Waals surface area (Å²) in [5.41, 5.74) is 1.97. The zero-order valence-electron chi connectivity index (χ0n) is 9.28. The molecule has 1 aromatic carbocycles. The monoisotopic (exact) mass is 201 g/mol. The molecule has 0 saturated carbocycles. The van der Waals surface area contributed by atoms with Crippen LogP contribution in [-0.2, 0) is 5.54 Å². The lowest BCUT2D eigenvalue weighted by Crippen LogP contribution is -2.44. The van der Waals surface area contributed by atoms with E-state index < -0.39 is 0 Å². The van der Waals surface area contributed by atoms with Crippen LogP contribution in [0.5, 0.6) is 0 Å². The zero-order valence-corrected chi connectivity index (χ0v) is 9.28. The third kappa shape index (κ3) is 1.41. The number of rotatable bonds is 1. The Kier molecular flexibility index (Phi) is 2.28. The van der Waals surface area contributed by atoms with Gasteiger partial charge in [-0.25, -0.2) is 0 Å². The van der Waals surface area contributed by atoms with E-state index in [1.54, 1.807) is 5.56 Å². The lowest BCUT2D eigenvalue weighted by atomic mass is 9.80. The molecule has 0 amide bonds. The van der Waals surface area contributed by atoms with Gasteiger partial charge in [0.1, 0.15) is 0 Å². The van der Waals surface area contributed by atoms with E-state index in [2.05, 4.69) is 35.2 Å². The van der Waals surface area contributed by atoms with Crippen LogP contribution in [0.3, 0.4) is 0 Å². The van der Waals surface area contributed by atoms with Crippen LogP contribution < -0.4 is 0 Å². The molecular formula is C14H19N. The van der Waals surface area contributed by atoms with E-state index in [0.717, 1.165) is 0 Å². The van der Waals surface area contributed by atoms with Crippen molar-refractivity contribution in [3.05, 3.63) is 35.9 Å². The highest BCUT2D eigenvalue weighted by Crippen LogP contribution is 2.45. The zero-order chi connectivity index (χ0) is 10.1. The molecule has 2 aliphatic rings. The first-order chi connectivity index (χ1) is 7.42. The molecule has 0 N–H and O–H groups in total. The van der Waals surface area contributed by atoms with Crippen molar-refractivity contribution < 1.29 is 0 Å². The number of hydrogen-bond donors (Lipinski definition) is 0. The Labute approximate surface area is 92.1 Å². The van der Waals surface area contributed by atoms with Crippen LogP contribution in [0.2, 0.25) is 0 Å². The first-order valence-corrected chi connectivity index (χ1v) is 6.22. The smallest absolute Gasteiger partial charge is 0.0461 e. The molecule has 0 aromatic heterocycles. The van der Waals surface area contributed by atoms with Crippen molar-refractivity contribution in [2.75, 3.05) is 13.1 Å². The fraction of sp³-hybridized carbons (Fsp3) is 0.571. The minimum Gasteiger partial charge on any atom is -0.294 e. The Bertz CT molecular complexity index is 332. The summed E-state index contributed by atoms with van der Waals surface area (Å²) in [5, 5.41) is 0. The molecule has 0 radical (unpaired) electrons. The van der Waals surface area contributed by atoms with E-state index in [4.69, 9.17) is 0 Å². The van der Waals surface area contributed by atoms with Crippen LogP contribution >= 0.6 is 0 Å². The van der Waals surface area contributed by atoms with Gasteiger partial charge in [-0.1, -0.05) is 30.3 Å². The van der Waals surface area contributed by atoms with Crippen LogP contribution in [-0.4, -0.2) is 18.0 Å². The van der Waals surface area contributed by atoms with Gasteiger partial charge in [0.15, 0.2) is 0 Å². The largest absolute Gasteiger partial charge is 0.294 e. The predicted molar refractivity (Wildman–Crippen MR) is 62.8 cm³/mol. The molecule has 0 spiro atoms. The number of fused-ring (bicyclic) bond motifs is 1. The van der Waals surface area contributed by atoms with Gasteiger partial charge in [-0.3, -0.25) is 4.90 Å². The summed E-state index contributed by atoms with van der Waals surface area (Å²) < 4.78 is 0. The molecule has 2 saturated heterocycles. The summed E-state index contributed by atoms with van der Waals surface area (Å²) >= 11 is 0. The molecule has 1 aromatic rings. The maximum absolute atomic E-state index is 2.73. The summed E-state index contributed by atoms with van der Waals surface area (Å²) in [4.78, 5) is 2.73. The second-order valence-corrected chi connectivity index (χ2v) is 4.95. The van der Waals surface area contributed by atoms with Gasteiger partial charge in [0.25, 0.3) is 0 Å². The third-order valence-corrected chi connectivity index (χ3v) is 4.20. The average molecular weight is 201 g/mol. The van der Waals surface area contributed by atoms with Crippen LogP contribution in [0.25, 0.3) is 0 Å². The maximum Gasteiger partial charge on any atom is 0.0461 e. The highest BCUT2D eigenvalue weighted by Gasteiger charge is 2.43. The average Bonchev–Trinajstić information content (AvgIpc) is 2.75. The summed E-state index contributed by atoms with van der Waals surface area (Å²) in [6, 6.07) is 11.2. The number of nitrogens with zero attached hydrogens (tertiary/aromatic N) is 1. The predicted octanol–water partition coefficient (Wildman–Crippen LogP) is 3.16. The molecule has 80 valence electrons. The van der Waals surface area contributed by atoms with E-state index in [9.17, 15) is 0 Å². The molecule has 2 fully saturated rings. The molecule has 1 heteroatoms. The maximum atomic E-state index is 2.73. The first kappa shape index (κ1) is 9.41. The van der Waals surface area contributed by atoms with Crippen LogP contribution in [0, 0.1) is 0 Å². The van der Waals surface area contributed by atoms with E-state index in [-0.39, 0.29) is 0 Å². The highest BCUT2D eigenvalue weighted by atomic mass is 15.2. The van der Waals surface area contributed by atoms with Crippen molar-refractivity contribution in [2.45, 2.75) is 37.6 Å². The van der Waals surface area contributed by atoms with E-state index in [1.807, 2.05) is 0 Å². The van der Waals surface area contributed by atoms with Crippen molar-refractivity contribution in [2.24, 2.45) is 0 Å². The molecule has 1 atom stereocenters. The molecular weight excluding hydrogens is 182 g/mol. The number of hydrogen-bond acceptors (Lipinski definition) is 1. The van der Waals surface area contributed by atoms with Crippen LogP contribution in [0.1, 0.15) is 37.7 Å². The Balaban J connectivity index is 2.00. The van der Waals surface area contributed by atoms with Gasteiger partial charge in [0.05, 0.1) is 0 Å². The van der Waals surface area contributed by atoms with Gasteiger partial charge in [-0.05, 0) is 50.8 Å². The van der Waals surface area contributed by atoms with Gasteiger partial charge < -0.3 is 0 Å². The topological polar surface area (TPSA) is 3.24 Å². The minimum atomic E-state index is 0.416. The van der Waals surface area contributed by atoms with E-state index >= 15 is 0 Å². The van der Waals surface area contributed by atoms with Crippen LogP contribution in [0.4, 0.5) is 0 Å². The second kappa shape index (κ2) is 3.64. The van der Waals surface area contributed by atoms with Gasteiger partial charge in [0.2, 0.25) is 0 Å². The first-order valence-electron chi connectivity index (χ1n) is 6.22. The molecule has 3 rings (SSSR count). The second-order valence-electron chi connectivity index (χ2n) is 4.95. The SMILES string of the molecule is c1ccc(C23CCCCN2CCC3)cc1. The van der Waals surface area contributed by atoms with E-state index in [0.29, 0.717) is 5.54 Å². The molecule has 1 unspecified atom stereocenters. The standard InChI is InChI=1S/C14H19N/c1-2-7-13(8-3-1)14-9-4-5-11-15(14)12-6-10-14/h1-3,7-8H,4-6,9-12H2. The van der Waals surface area contributed by atoms with Crippen molar-refractivity contribution in [3.8, 4) is 0 Å². The fourth-order valence-corrected chi connectivity index (χ4v) is 3.48. The molecule has 0 aliphatic carbocycles. The van der Waals surface area contributed by atoms with Gasteiger partial charge in [-0.2, -0.15) is 0 Å². The fourth-order valence-electron chi connectivity index (χ4n) is 3.48. The van der Waals surface area contributed by atoms with E-state index in [1.165, 1.54) is 45.2 Å². The number of piperidine rings is 1. The Morgan fingerprint density at radius 3 is 2.47 bits per heavy atom. The van der Waals surface area contributed by atoms with Crippen molar-refractivity contribution in [1.29, 1.82) is 0 Å². The van der Waals surface area contributed by atoms with Crippen molar-refractivity contribution >= 4 is 0 Å². The Morgan fingerprint density at radius 1 is 0.867 bits per heavy atom. The Morgan fingerprint density at radius 2 is 1.60 bits per heavy atom. The summed E-state index contributed by atoms with van der Waals surface area (Å²) in [5.74, 6) is 0. The summed E-state index contributed by atoms with van der Waals surface area (Å²) in [7, 11) is 0. The highest BCUT2D eigenvalue weighted by molar-refractivity contribution is 5.26. The molecule has 1 nitrogen and oxygen atoms in total. The third-order valence-electron chi connectivity index (χ3n) is 4.20. The lowest BCUT2D eigenvalue weighted by molar-refractivity contribution is 0.0885. The quantitative estimate of drug-likeness (QED) is 0.674. The summed E-state index contributed by atoms with van der Waals surface area (Å²) in [6.45, 7) is 2.63. The molecule has 2 aliphatic heterocycles. The number of benzene rings is 1. The normalized spacial score (nSPS) is 31.5. The lowest BCUT2D eigenvalue weighted by Gasteiger charge is -2.43. The summed E-state index contributed by atoms with van der Waals surface area (Å²) in [6.07, 6.45) is 6.93. The van der Waals surface area contributed by atoms with Crippen LogP contribution in [0.15, 0.2) is 30.3 Å². The Hall–Kier alpha value is -0.820. The molecule has 0 bridgehead atoms. The van der Waals surface area contributed by atoms with Gasteiger partial charge in [-0.15, -0.1) is 0 Å². The van der Waals surface area contributed by atoms with Crippen molar-refractivity contribution in [3.63, 3.8) is 0 Å². The molecule has 15 heavy (non-hydrogen) atoms. The minimum absolute atomic E-state index is 0.416.